The summed E-state index contributed by atoms with van der Waals surface area (Å²) in [5, 5.41) is 8.80. The van der Waals surface area contributed by atoms with Crippen LogP contribution in [-0.4, -0.2) is 34.5 Å². The summed E-state index contributed by atoms with van der Waals surface area (Å²) in [7, 11) is 0. The summed E-state index contributed by atoms with van der Waals surface area (Å²) in [4.78, 5) is 22.7. The smallest absolute Gasteiger partial charge is 0.408 e. The van der Waals surface area contributed by atoms with Gasteiger partial charge in [0.15, 0.2) is 0 Å². The Hall–Kier alpha value is -1.06. The van der Waals surface area contributed by atoms with Crippen molar-refractivity contribution >= 4 is 12.4 Å². The van der Waals surface area contributed by atoms with Crippen molar-refractivity contribution in [3.63, 3.8) is 0 Å². The number of carbonyl (C=O) groups is 2. The molecule has 1 saturated carbocycles. The van der Waals surface area contributed by atoms with Gasteiger partial charge >= 0.3 is 6.09 Å². The molecule has 0 aromatic heterocycles. The summed E-state index contributed by atoms with van der Waals surface area (Å²) in [6, 6.07) is -0.246. The minimum Gasteiger partial charge on any atom is -0.465 e. The molecule has 3 atom stereocenters. The van der Waals surface area contributed by atoms with Crippen LogP contribution in [0.5, 0.6) is 0 Å². The summed E-state index contributed by atoms with van der Waals surface area (Å²) in [5.74, 6) is 0.295. The molecule has 1 aliphatic carbocycles. The van der Waals surface area contributed by atoms with Crippen molar-refractivity contribution < 1.29 is 14.7 Å². The van der Waals surface area contributed by atoms with Crippen LogP contribution >= 0.6 is 0 Å². The van der Waals surface area contributed by atoms with Crippen LogP contribution in [-0.2, 0) is 4.79 Å². The third-order valence-electron chi connectivity index (χ3n) is 3.00. The molecule has 66 valence electrons. The first kappa shape index (κ1) is 7.58. The molecule has 2 unspecified atom stereocenters. The largest absolute Gasteiger partial charge is 0.465 e. The number of carboxylic acid groups (broad SMARTS) is 1. The van der Waals surface area contributed by atoms with Crippen LogP contribution in [0.15, 0.2) is 0 Å². The standard InChI is InChI=1S/C8H11NO3/c10-4-7-5-1-2-6(3-5)9(7)8(11)12/h4-7H,1-3H2,(H,11,12)/t5?,6-,7?/m1/s1. The van der Waals surface area contributed by atoms with Crippen LogP contribution in [0, 0.1) is 5.92 Å². The number of fused-ring (bicyclic) bond motifs is 2. The molecular formula is C8H11NO3. The topological polar surface area (TPSA) is 57.6 Å². The van der Waals surface area contributed by atoms with Crippen LogP contribution in [0.1, 0.15) is 19.3 Å². The molecule has 1 aliphatic heterocycles. The molecule has 0 radical (unpaired) electrons. The minimum atomic E-state index is -0.945. The Balaban J connectivity index is 2.21. The van der Waals surface area contributed by atoms with Crippen LogP contribution in [0.4, 0.5) is 4.79 Å². The molecule has 1 N–H and O–H groups in total. The van der Waals surface area contributed by atoms with E-state index in [2.05, 4.69) is 0 Å². The lowest BCUT2D eigenvalue weighted by Crippen LogP contribution is -2.45. The number of carbonyl (C=O) groups excluding carboxylic acids is 1. The SMILES string of the molecule is O=CC1C2CC[C@H](C2)N1C(=O)O. The first-order chi connectivity index (χ1) is 5.74. The maximum absolute atomic E-state index is 10.7. The summed E-state index contributed by atoms with van der Waals surface area (Å²) in [6.07, 6.45) is 2.66. The van der Waals surface area contributed by atoms with E-state index in [1.54, 1.807) is 0 Å². The van der Waals surface area contributed by atoms with Crippen molar-refractivity contribution in [1.29, 1.82) is 0 Å². The lowest BCUT2D eigenvalue weighted by atomic mass is 10.0. The van der Waals surface area contributed by atoms with Gasteiger partial charge in [0.25, 0.3) is 0 Å². The number of aldehydes is 1. The van der Waals surface area contributed by atoms with Gasteiger partial charge in [-0.3, -0.25) is 4.90 Å². The monoisotopic (exact) mass is 169 g/mol. The average Bonchev–Trinajstić information content (AvgIpc) is 2.60. The number of amides is 1. The molecule has 0 aromatic carbocycles. The molecule has 2 aliphatic rings. The van der Waals surface area contributed by atoms with E-state index in [1.165, 1.54) is 4.90 Å². The second kappa shape index (κ2) is 2.47. The Morgan fingerprint density at radius 2 is 2.25 bits per heavy atom. The van der Waals surface area contributed by atoms with E-state index in [4.69, 9.17) is 5.11 Å². The fourth-order valence-corrected chi connectivity index (χ4v) is 2.49. The van der Waals surface area contributed by atoms with Crippen molar-refractivity contribution in [2.45, 2.75) is 31.3 Å². The molecule has 2 bridgehead atoms. The zero-order valence-electron chi connectivity index (χ0n) is 6.64. The number of likely N-dealkylation sites (tertiary alicyclic amines) is 1. The molecule has 0 aromatic rings. The predicted molar refractivity (Wildman–Crippen MR) is 40.8 cm³/mol. The van der Waals surface area contributed by atoms with Gasteiger partial charge in [-0.2, -0.15) is 0 Å². The van der Waals surface area contributed by atoms with E-state index in [0.29, 0.717) is 5.92 Å². The number of hydrogen-bond donors (Lipinski definition) is 1. The van der Waals surface area contributed by atoms with Gasteiger partial charge in [0.05, 0.1) is 6.04 Å². The fourth-order valence-electron chi connectivity index (χ4n) is 2.49. The Kier molecular flexibility index (Phi) is 1.56. The van der Waals surface area contributed by atoms with E-state index < -0.39 is 6.09 Å². The van der Waals surface area contributed by atoms with Crippen molar-refractivity contribution in [3.8, 4) is 0 Å². The third-order valence-corrected chi connectivity index (χ3v) is 3.00. The number of rotatable bonds is 1. The Bertz CT molecular complexity index is 228. The third kappa shape index (κ3) is 0.838. The Labute approximate surface area is 70.2 Å². The highest BCUT2D eigenvalue weighted by Gasteiger charge is 2.48. The number of hydrogen-bond acceptors (Lipinski definition) is 2. The molecular weight excluding hydrogens is 158 g/mol. The van der Waals surface area contributed by atoms with Crippen LogP contribution in [0.25, 0.3) is 0 Å². The normalized spacial score (nSPS) is 38.7. The molecule has 0 spiro atoms. The summed E-state index contributed by atoms with van der Waals surface area (Å²) >= 11 is 0. The second-order valence-electron chi connectivity index (χ2n) is 3.54. The van der Waals surface area contributed by atoms with E-state index in [9.17, 15) is 9.59 Å². The number of piperidine rings is 1. The molecule has 1 heterocycles. The van der Waals surface area contributed by atoms with Gasteiger partial charge in [0.2, 0.25) is 0 Å². The Morgan fingerprint density at radius 1 is 1.50 bits per heavy atom. The highest BCUT2D eigenvalue weighted by Crippen LogP contribution is 2.41. The van der Waals surface area contributed by atoms with E-state index in [1.807, 2.05) is 0 Å². The van der Waals surface area contributed by atoms with Gasteiger partial charge in [-0.25, -0.2) is 4.79 Å². The first-order valence-electron chi connectivity index (χ1n) is 4.20. The minimum absolute atomic E-state index is 0.114. The summed E-state index contributed by atoms with van der Waals surface area (Å²) in [5.41, 5.74) is 0. The zero-order valence-corrected chi connectivity index (χ0v) is 6.64. The van der Waals surface area contributed by atoms with Crippen LogP contribution in [0.2, 0.25) is 0 Å². The van der Waals surface area contributed by atoms with Crippen molar-refractivity contribution in [1.82, 2.24) is 4.90 Å². The molecule has 2 rings (SSSR count). The van der Waals surface area contributed by atoms with Crippen LogP contribution in [0.3, 0.4) is 0 Å². The fraction of sp³-hybridized carbons (Fsp3) is 0.750. The molecule has 4 nitrogen and oxygen atoms in total. The van der Waals surface area contributed by atoms with Gasteiger partial charge in [0.1, 0.15) is 6.29 Å². The quantitative estimate of drug-likeness (QED) is 0.588. The number of nitrogens with zero attached hydrogens (tertiary/aromatic N) is 1. The lowest BCUT2D eigenvalue weighted by Gasteiger charge is -2.29. The Morgan fingerprint density at radius 3 is 2.75 bits per heavy atom. The molecule has 1 amide bonds. The van der Waals surface area contributed by atoms with Gasteiger partial charge in [-0.1, -0.05) is 0 Å². The molecule has 12 heavy (non-hydrogen) atoms. The van der Waals surface area contributed by atoms with Gasteiger partial charge in [-0.15, -0.1) is 0 Å². The highest BCUT2D eigenvalue weighted by molar-refractivity contribution is 5.73. The van der Waals surface area contributed by atoms with E-state index in [-0.39, 0.29) is 12.1 Å². The average molecular weight is 169 g/mol. The van der Waals surface area contributed by atoms with Crippen molar-refractivity contribution in [3.05, 3.63) is 0 Å². The summed E-state index contributed by atoms with van der Waals surface area (Å²) in [6.45, 7) is 0. The molecule has 4 heteroatoms. The maximum atomic E-state index is 10.7. The van der Waals surface area contributed by atoms with Crippen molar-refractivity contribution in [2.24, 2.45) is 5.92 Å². The van der Waals surface area contributed by atoms with Crippen LogP contribution < -0.4 is 0 Å². The second-order valence-corrected chi connectivity index (χ2v) is 3.54. The first-order valence-corrected chi connectivity index (χ1v) is 4.20. The summed E-state index contributed by atoms with van der Waals surface area (Å²) < 4.78 is 0. The maximum Gasteiger partial charge on any atom is 0.408 e. The van der Waals surface area contributed by atoms with Gasteiger partial charge < -0.3 is 9.90 Å². The lowest BCUT2D eigenvalue weighted by molar-refractivity contribution is -0.113. The highest BCUT2D eigenvalue weighted by atomic mass is 16.4. The molecule has 2 fully saturated rings. The van der Waals surface area contributed by atoms with Crippen molar-refractivity contribution in [2.75, 3.05) is 0 Å². The predicted octanol–water partition coefficient (Wildman–Crippen LogP) is 0.716. The zero-order chi connectivity index (χ0) is 8.72. The van der Waals surface area contributed by atoms with Gasteiger partial charge in [0, 0.05) is 6.04 Å². The molecule has 1 saturated heterocycles. The van der Waals surface area contributed by atoms with E-state index in [0.717, 1.165) is 25.5 Å². The van der Waals surface area contributed by atoms with Gasteiger partial charge in [-0.05, 0) is 25.2 Å². The van der Waals surface area contributed by atoms with E-state index >= 15 is 0 Å².